The summed E-state index contributed by atoms with van der Waals surface area (Å²) in [5.74, 6) is -0.193. The first-order valence-corrected chi connectivity index (χ1v) is 10.2. The second-order valence-corrected chi connectivity index (χ2v) is 7.91. The first kappa shape index (κ1) is 20.8. The van der Waals surface area contributed by atoms with Crippen molar-refractivity contribution in [1.29, 1.82) is 0 Å². The van der Waals surface area contributed by atoms with Crippen LogP contribution in [0.1, 0.15) is 26.3 Å². The van der Waals surface area contributed by atoms with Crippen LogP contribution in [0.5, 0.6) is 0 Å². The molecular weight excluding hydrogens is 366 g/mol. The molecule has 1 aliphatic rings. The van der Waals surface area contributed by atoms with E-state index in [4.69, 9.17) is 0 Å². The number of benzene rings is 2. The number of carbonyl (C=O) groups is 3. The molecule has 1 unspecified atom stereocenters. The normalized spacial score (nSPS) is 15.4. The van der Waals surface area contributed by atoms with E-state index in [1.165, 1.54) is 0 Å². The van der Waals surface area contributed by atoms with Gasteiger partial charge in [-0.25, -0.2) is 0 Å². The quantitative estimate of drug-likeness (QED) is 0.844. The maximum atomic E-state index is 12.7. The maximum Gasteiger partial charge on any atom is 0.244 e. The molecule has 3 amide bonds. The molecule has 2 aromatic carbocycles. The molecule has 0 radical (unpaired) electrons. The molecule has 1 heterocycles. The summed E-state index contributed by atoms with van der Waals surface area (Å²) in [6, 6.07) is 13.3. The molecule has 0 spiro atoms. The molecule has 154 valence electrons. The minimum Gasteiger partial charge on any atom is -0.344 e. The minimum atomic E-state index is -0.593. The van der Waals surface area contributed by atoms with Crippen LogP contribution in [0.3, 0.4) is 0 Å². The zero-order chi connectivity index (χ0) is 21.0. The smallest absolute Gasteiger partial charge is 0.244 e. The predicted molar refractivity (Wildman–Crippen MR) is 113 cm³/mol. The van der Waals surface area contributed by atoms with Crippen molar-refractivity contribution < 1.29 is 14.4 Å². The van der Waals surface area contributed by atoms with Gasteiger partial charge in [-0.15, -0.1) is 0 Å². The molecule has 1 atom stereocenters. The van der Waals surface area contributed by atoms with Crippen molar-refractivity contribution in [1.82, 2.24) is 15.1 Å². The van der Waals surface area contributed by atoms with E-state index >= 15 is 0 Å². The van der Waals surface area contributed by atoms with Gasteiger partial charge in [-0.05, 0) is 23.3 Å². The number of rotatable bonds is 5. The lowest BCUT2D eigenvalue weighted by molar-refractivity contribution is -0.142. The zero-order valence-electron chi connectivity index (χ0n) is 17.4. The molecular formula is C23H29N3O3. The van der Waals surface area contributed by atoms with Crippen molar-refractivity contribution in [2.24, 2.45) is 5.92 Å². The number of nitrogens with one attached hydrogen (secondary N) is 1. The van der Waals surface area contributed by atoms with E-state index in [-0.39, 0.29) is 30.1 Å². The first-order chi connectivity index (χ1) is 13.9. The molecule has 1 aliphatic heterocycles. The van der Waals surface area contributed by atoms with Gasteiger partial charge in [-0.2, -0.15) is 0 Å². The number of piperazine rings is 1. The number of carbonyl (C=O) groups excluding carboxylic acids is 3. The molecule has 6 heteroatoms. The SMILES string of the molecule is CC(C)C(=O)N1CCN(C(=O)C(C)NC(=O)Cc2cccc3ccccc23)CC1. The van der Waals surface area contributed by atoms with Crippen LogP contribution in [0, 0.1) is 5.92 Å². The summed E-state index contributed by atoms with van der Waals surface area (Å²) in [6.45, 7) is 7.57. The Kier molecular flexibility index (Phi) is 6.52. The Labute approximate surface area is 171 Å². The van der Waals surface area contributed by atoms with E-state index in [2.05, 4.69) is 5.32 Å². The Morgan fingerprint density at radius 1 is 0.862 bits per heavy atom. The van der Waals surface area contributed by atoms with Gasteiger partial charge in [0, 0.05) is 32.1 Å². The monoisotopic (exact) mass is 395 g/mol. The molecule has 0 bridgehead atoms. The van der Waals surface area contributed by atoms with Gasteiger partial charge in [0.2, 0.25) is 17.7 Å². The standard InChI is InChI=1S/C23H29N3O3/c1-16(2)22(28)25-11-13-26(14-12-25)23(29)17(3)24-21(27)15-19-9-6-8-18-7-4-5-10-20(18)19/h4-10,16-17H,11-15H2,1-3H3,(H,24,27). The summed E-state index contributed by atoms with van der Waals surface area (Å²) >= 11 is 0. The Bertz CT molecular complexity index is 896. The third-order valence-electron chi connectivity index (χ3n) is 5.38. The van der Waals surface area contributed by atoms with Crippen molar-refractivity contribution in [3.63, 3.8) is 0 Å². The molecule has 6 nitrogen and oxygen atoms in total. The largest absolute Gasteiger partial charge is 0.344 e. The van der Waals surface area contributed by atoms with E-state index in [1.54, 1.807) is 16.7 Å². The highest BCUT2D eigenvalue weighted by Crippen LogP contribution is 2.19. The molecule has 0 aliphatic carbocycles. The fourth-order valence-electron chi connectivity index (χ4n) is 3.76. The van der Waals surface area contributed by atoms with E-state index in [0.29, 0.717) is 26.2 Å². The van der Waals surface area contributed by atoms with E-state index in [9.17, 15) is 14.4 Å². The van der Waals surface area contributed by atoms with Crippen molar-refractivity contribution >= 4 is 28.5 Å². The van der Waals surface area contributed by atoms with Crippen molar-refractivity contribution in [3.8, 4) is 0 Å². The molecule has 0 aromatic heterocycles. The highest BCUT2D eigenvalue weighted by atomic mass is 16.2. The number of fused-ring (bicyclic) bond motifs is 1. The van der Waals surface area contributed by atoms with E-state index < -0.39 is 6.04 Å². The fraction of sp³-hybridized carbons (Fsp3) is 0.435. The van der Waals surface area contributed by atoms with Gasteiger partial charge in [0.05, 0.1) is 6.42 Å². The fourth-order valence-corrected chi connectivity index (χ4v) is 3.76. The van der Waals surface area contributed by atoms with Crippen LogP contribution in [-0.4, -0.2) is 59.7 Å². The van der Waals surface area contributed by atoms with Crippen molar-refractivity contribution in [3.05, 3.63) is 48.0 Å². The van der Waals surface area contributed by atoms with Gasteiger partial charge >= 0.3 is 0 Å². The molecule has 29 heavy (non-hydrogen) atoms. The zero-order valence-corrected chi connectivity index (χ0v) is 17.4. The highest BCUT2D eigenvalue weighted by molar-refractivity contribution is 5.92. The van der Waals surface area contributed by atoms with Crippen molar-refractivity contribution in [2.75, 3.05) is 26.2 Å². The molecule has 0 saturated carbocycles. The van der Waals surface area contributed by atoms with Gasteiger partial charge in [0.15, 0.2) is 0 Å². The lowest BCUT2D eigenvalue weighted by Crippen LogP contribution is -2.55. The van der Waals surface area contributed by atoms with Gasteiger partial charge < -0.3 is 15.1 Å². The first-order valence-electron chi connectivity index (χ1n) is 10.2. The second kappa shape index (κ2) is 9.07. The average molecular weight is 396 g/mol. The Morgan fingerprint density at radius 2 is 1.45 bits per heavy atom. The van der Waals surface area contributed by atoms with Gasteiger partial charge in [-0.1, -0.05) is 56.3 Å². The lowest BCUT2D eigenvalue weighted by atomic mass is 10.0. The van der Waals surface area contributed by atoms with Crippen LogP contribution in [0.2, 0.25) is 0 Å². The average Bonchev–Trinajstić information content (AvgIpc) is 2.73. The van der Waals surface area contributed by atoms with Gasteiger partial charge in [-0.3, -0.25) is 14.4 Å². The maximum absolute atomic E-state index is 12.7. The van der Waals surface area contributed by atoms with Crippen LogP contribution in [-0.2, 0) is 20.8 Å². The van der Waals surface area contributed by atoms with Crippen LogP contribution >= 0.6 is 0 Å². The van der Waals surface area contributed by atoms with Crippen LogP contribution < -0.4 is 5.32 Å². The summed E-state index contributed by atoms with van der Waals surface area (Å²) in [4.78, 5) is 40.9. The van der Waals surface area contributed by atoms with Crippen LogP contribution in [0.4, 0.5) is 0 Å². The molecule has 3 rings (SSSR count). The lowest BCUT2D eigenvalue weighted by Gasteiger charge is -2.36. The third kappa shape index (κ3) is 4.94. The highest BCUT2D eigenvalue weighted by Gasteiger charge is 2.28. The predicted octanol–water partition coefficient (Wildman–Crippen LogP) is 2.21. The van der Waals surface area contributed by atoms with E-state index in [1.807, 2.05) is 56.3 Å². The van der Waals surface area contributed by atoms with Crippen LogP contribution in [0.25, 0.3) is 10.8 Å². The summed E-state index contributed by atoms with van der Waals surface area (Å²) in [6.07, 6.45) is 0.232. The second-order valence-electron chi connectivity index (χ2n) is 7.91. The Hall–Kier alpha value is -2.89. The number of amides is 3. The summed E-state index contributed by atoms with van der Waals surface area (Å²) in [7, 11) is 0. The van der Waals surface area contributed by atoms with Gasteiger partial charge in [0.25, 0.3) is 0 Å². The van der Waals surface area contributed by atoms with Crippen LogP contribution in [0.15, 0.2) is 42.5 Å². The van der Waals surface area contributed by atoms with Crippen molar-refractivity contribution in [2.45, 2.75) is 33.2 Å². The van der Waals surface area contributed by atoms with E-state index in [0.717, 1.165) is 16.3 Å². The minimum absolute atomic E-state index is 0.0375. The number of hydrogen-bond donors (Lipinski definition) is 1. The molecule has 1 N–H and O–H groups in total. The third-order valence-corrected chi connectivity index (χ3v) is 5.38. The molecule has 2 aromatic rings. The number of hydrogen-bond acceptors (Lipinski definition) is 3. The summed E-state index contributed by atoms with van der Waals surface area (Å²) < 4.78 is 0. The Morgan fingerprint density at radius 3 is 2.10 bits per heavy atom. The summed E-state index contributed by atoms with van der Waals surface area (Å²) in [5.41, 5.74) is 0.945. The molecule has 1 fully saturated rings. The number of nitrogens with zero attached hydrogens (tertiary/aromatic N) is 2. The molecule has 1 saturated heterocycles. The van der Waals surface area contributed by atoms with Gasteiger partial charge in [0.1, 0.15) is 6.04 Å². The topological polar surface area (TPSA) is 69.7 Å². The Balaban J connectivity index is 1.54. The summed E-state index contributed by atoms with van der Waals surface area (Å²) in [5, 5.41) is 4.98.